The van der Waals surface area contributed by atoms with E-state index in [1.807, 2.05) is 0 Å². The SMILES string of the molecule is COCCC(C)C(NN)C1(C)CCCCO1. The second-order valence-electron chi connectivity index (χ2n) is 5.02. The van der Waals surface area contributed by atoms with Gasteiger partial charge in [0, 0.05) is 20.3 Å². The molecule has 96 valence electrons. The van der Waals surface area contributed by atoms with E-state index in [1.54, 1.807) is 7.11 Å². The van der Waals surface area contributed by atoms with Crippen LogP contribution < -0.4 is 11.3 Å². The molecule has 3 atom stereocenters. The molecule has 0 amide bonds. The monoisotopic (exact) mass is 230 g/mol. The molecule has 3 N–H and O–H groups in total. The van der Waals surface area contributed by atoms with Gasteiger partial charge in [-0.3, -0.25) is 11.3 Å². The van der Waals surface area contributed by atoms with E-state index >= 15 is 0 Å². The van der Waals surface area contributed by atoms with Gasteiger partial charge < -0.3 is 9.47 Å². The van der Waals surface area contributed by atoms with Crippen LogP contribution in [0.25, 0.3) is 0 Å². The molecular weight excluding hydrogens is 204 g/mol. The van der Waals surface area contributed by atoms with Crippen molar-refractivity contribution in [1.29, 1.82) is 0 Å². The van der Waals surface area contributed by atoms with Gasteiger partial charge in [-0.15, -0.1) is 0 Å². The third-order valence-corrected chi connectivity index (χ3v) is 3.68. The van der Waals surface area contributed by atoms with Crippen LogP contribution in [0.3, 0.4) is 0 Å². The molecule has 1 saturated heterocycles. The van der Waals surface area contributed by atoms with Gasteiger partial charge in [-0.2, -0.15) is 0 Å². The lowest BCUT2D eigenvalue weighted by molar-refractivity contribution is -0.101. The molecule has 0 aromatic rings. The van der Waals surface area contributed by atoms with Gasteiger partial charge in [-0.25, -0.2) is 0 Å². The van der Waals surface area contributed by atoms with Crippen molar-refractivity contribution in [3.05, 3.63) is 0 Å². The zero-order valence-electron chi connectivity index (χ0n) is 10.8. The summed E-state index contributed by atoms with van der Waals surface area (Å²) in [6, 6.07) is 0.197. The molecule has 0 aliphatic carbocycles. The molecule has 1 aliphatic heterocycles. The fourth-order valence-electron chi connectivity index (χ4n) is 2.61. The van der Waals surface area contributed by atoms with Crippen molar-refractivity contribution in [3.63, 3.8) is 0 Å². The molecule has 0 saturated carbocycles. The van der Waals surface area contributed by atoms with Gasteiger partial charge in [0.25, 0.3) is 0 Å². The smallest absolute Gasteiger partial charge is 0.0822 e. The van der Waals surface area contributed by atoms with Crippen molar-refractivity contribution in [2.45, 2.75) is 51.2 Å². The van der Waals surface area contributed by atoms with Crippen LogP contribution in [-0.4, -0.2) is 32.0 Å². The molecular formula is C12H26N2O2. The Bertz CT molecular complexity index is 193. The number of rotatable bonds is 6. The minimum atomic E-state index is -0.125. The zero-order chi connectivity index (χ0) is 12.0. The Morgan fingerprint density at radius 1 is 1.50 bits per heavy atom. The Balaban J connectivity index is 2.56. The molecule has 3 unspecified atom stereocenters. The molecule has 1 heterocycles. The molecule has 1 rings (SSSR count). The van der Waals surface area contributed by atoms with Crippen molar-refractivity contribution in [2.24, 2.45) is 11.8 Å². The fourth-order valence-corrected chi connectivity index (χ4v) is 2.61. The summed E-state index contributed by atoms with van der Waals surface area (Å²) in [5.41, 5.74) is 2.82. The maximum absolute atomic E-state index is 5.94. The summed E-state index contributed by atoms with van der Waals surface area (Å²) in [6.45, 7) is 5.99. The first-order valence-electron chi connectivity index (χ1n) is 6.23. The lowest BCUT2D eigenvalue weighted by Crippen LogP contribution is -2.57. The van der Waals surface area contributed by atoms with Crippen LogP contribution in [0.15, 0.2) is 0 Å². The van der Waals surface area contributed by atoms with Gasteiger partial charge in [-0.1, -0.05) is 6.92 Å². The Labute approximate surface area is 98.8 Å². The number of ether oxygens (including phenoxy) is 2. The standard InChI is InChI=1S/C12H26N2O2/c1-10(6-9-15-3)11(14-13)12(2)7-4-5-8-16-12/h10-11,14H,4-9,13H2,1-3H3. The average molecular weight is 230 g/mol. The number of hydrogen-bond donors (Lipinski definition) is 2. The summed E-state index contributed by atoms with van der Waals surface area (Å²) in [4.78, 5) is 0. The topological polar surface area (TPSA) is 56.5 Å². The second kappa shape index (κ2) is 6.55. The van der Waals surface area contributed by atoms with Crippen LogP contribution in [0.1, 0.15) is 39.5 Å². The molecule has 1 fully saturated rings. The lowest BCUT2D eigenvalue weighted by Gasteiger charge is -2.43. The van der Waals surface area contributed by atoms with Crippen LogP contribution in [0.4, 0.5) is 0 Å². The largest absolute Gasteiger partial charge is 0.385 e. The molecule has 4 nitrogen and oxygen atoms in total. The highest BCUT2D eigenvalue weighted by Gasteiger charge is 2.39. The normalized spacial score (nSPS) is 30.0. The lowest BCUT2D eigenvalue weighted by atomic mass is 9.81. The van der Waals surface area contributed by atoms with E-state index in [1.165, 1.54) is 12.8 Å². The van der Waals surface area contributed by atoms with Crippen LogP contribution in [-0.2, 0) is 9.47 Å². The molecule has 0 aromatic carbocycles. The summed E-state index contributed by atoms with van der Waals surface area (Å²) >= 11 is 0. The van der Waals surface area contributed by atoms with Crippen molar-refractivity contribution in [3.8, 4) is 0 Å². The first kappa shape index (κ1) is 13.9. The summed E-state index contributed by atoms with van der Waals surface area (Å²) < 4.78 is 11.1. The van der Waals surface area contributed by atoms with E-state index < -0.39 is 0 Å². The Morgan fingerprint density at radius 2 is 2.25 bits per heavy atom. The molecule has 0 bridgehead atoms. The summed E-state index contributed by atoms with van der Waals surface area (Å²) in [5, 5.41) is 0. The molecule has 4 heteroatoms. The highest BCUT2D eigenvalue weighted by Crippen LogP contribution is 2.31. The fraction of sp³-hybridized carbons (Fsp3) is 1.00. The summed E-state index contributed by atoms with van der Waals surface area (Å²) in [5.74, 6) is 6.14. The minimum Gasteiger partial charge on any atom is -0.385 e. The molecule has 1 aliphatic rings. The maximum atomic E-state index is 5.94. The molecule has 0 radical (unpaired) electrons. The predicted octanol–water partition coefficient (Wildman–Crippen LogP) is 1.45. The second-order valence-corrected chi connectivity index (χ2v) is 5.02. The van der Waals surface area contributed by atoms with E-state index in [0.29, 0.717) is 5.92 Å². The first-order valence-corrected chi connectivity index (χ1v) is 6.23. The Kier molecular flexibility index (Phi) is 5.69. The average Bonchev–Trinajstić information content (AvgIpc) is 2.28. The van der Waals surface area contributed by atoms with E-state index in [0.717, 1.165) is 26.1 Å². The van der Waals surface area contributed by atoms with E-state index in [9.17, 15) is 0 Å². The number of hydrazine groups is 1. The van der Waals surface area contributed by atoms with Crippen LogP contribution in [0, 0.1) is 5.92 Å². The molecule has 0 aromatic heterocycles. The third-order valence-electron chi connectivity index (χ3n) is 3.68. The maximum Gasteiger partial charge on any atom is 0.0822 e. The summed E-state index contributed by atoms with van der Waals surface area (Å²) in [6.07, 6.45) is 4.48. The quantitative estimate of drug-likeness (QED) is 0.535. The Morgan fingerprint density at radius 3 is 2.75 bits per heavy atom. The van der Waals surface area contributed by atoms with Crippen molar-refractivity contribution < 1.29 is 9.47 Å². The highest BCUT2D eigenvalue weighted by molar-refractivity contribution is 4.93. The van der Waals surface area contributed by atoms with E-state index in [4.69, 9.17) is 15.3 Å². The number of hydrogen-bond acceptors (Lipinski definition) is 4. The van der Waals surface area contributed by atoms with Gasteiger partial charge in [0.15, 0.2) is 0 Å². The van der Waals surface area contributed by atoms with Gasteiger partial charge in [0.2, 0.25) is 0 Å². The zero-order valence-corrected chi connectivity index (χ0v) is 10.8. The number of methoxy groups -OCH3 is 1. The van der Waals surface area contributed by atoms with Crippen LogP contribution >= 0.6 is 0 Å². The van der Waals surface area contributed by atoms with E-state index in [-0.39, 0.29) is 11.6 Å². The highest BCUT2D eigenvalue weighted by atomic mass is 16.5. The number of nitrogens with two attached hydrogens (primary N) is 1. The van der Waals surface area contributed by atoms with Crippen LogP contribution in [0.5, 0.6) is 0 Å². The predicted molar refractivity (Wildman–Crippen MR) is 65.0 cm³/mol. The van der Waals surface area contributed by atoms with Gasteiger partial charge in [0.05, 0.1) is 11.6 Å². The molecule has 16 heavy (non-hydrogen) atoms. The van der Waals surface area contributed by atoms with Crippen LogP contribution in [0.2, 0.25) is 0 Å². The minimum absolute atomic E-state index is 0.125. The molecule has 0 spiro atoms. The van der Waals surface area contributed by atoms with Crippen molar-refractivity contribution >= 4 is 0 Å². The van der Waals surface area contributed by atoms with Crippen molar-refractivity contribution in [1.82, 2.24) is 5.43 Å². The van der Waals surface area contributed by atoms with Gasteiger partial charge in [-0.05, 0) is 38.5 Å². The number of nitrogens with one attached hydrogen (secondary N) is 1. The Hall–Kier alpha value is -0.160. The summed E-state index contributed by atoms with van der Waals surface area (Å²) in [7, 11) is 1.73. The van der Waals surface area contributed by atoms with Gasteiger partial charge in [0.1, 0.15) is 0 Å². The van der Waals surface area contributed by atoms with Crippen molar-refractivity contribution in [2.75, 3.05) is 20.3 Å². The van der Waals surface area contributed by atoms with Gasteiger partial charge >= 0.3 is 0 Å². The third kappa shape index (κ3) is 3.42. The van der Waals surface area contributed by atoms with E-state index in [2.05, 4.69) is 19.3 Å². The first-order chi connectivity index (χ1) is 7.64.